The predicted molar refractivity (Wildman–Crippen MR) is 71.8 cm³/mol. The molecule has 0 N–H and O–H groups in total. The molecule has 3 atom stereocenters. The van der Waals surface area contributed by atoms with Crippen LogP contribution in [-0.4, -0.2) is 28.1 Å². The van der Waals surface area contributed by atoms with Crippen LogP contribution in [0.2, 0.25) is 0 Å². The van der Waals surface area contributed by atoms with Crippen molar-refractivity contribution in [3.63, 3.8) is 0 Å². The van der Waals surface area contributed by atoms with Crippen LogP contribution < -0.4 is 0 Å². The van der Waals surface area contributed by atoms with Gasteiger partial charge in [-0.2, -0.15) is 0 Å². The lowest BCUT2D eigenvalue weighted by molar-refractivity contribution is -0.128. The first kappa shape index (κ1) is 13.8. The van der Waals surface area contributed by atoms with Gasteiger partial charge in [0.1, 0.15) is 11.1 Å². The number of halogens is 2. The number of carbonyl (C=O) groups excluding carboxylic acids is 1. The molecule has 0 bridgehead atoms. The zero-order valence-corrected chi connectivity index (χ0v) is 11.8. The summed E-state index contributed by atoms with van der Waals surface area (Å²) in [6.45, 7) is 3.17. The largest absolute Gasteiger partial charge is 0.467 e. The number of rotatable bonds is 5. The summed E-state index contributed by atoms with van der Waals surface area (Å²) in [7, 11) is 0. The summed E-state index contributed by atoms with van der Waals surface area (Å²) in [5.74, 6) is 0.755. The standard InChI is InChI=1S/C13H17Cl2NO2/c1-2-4-11(14)10-8-16(13(17)12(10)15)7-9-5-3-6-18-9/h3,5-6,10-12H,2,4,7-8H2,1H3. The summed E-state index contributed by atoms with van der Waals surface area (Å²) in [5.41, 5.74) is 0. The van der Waals surface area contributed by atoms with Crippen LogP contribution in [0.1, 0.15) is 25.5 Å². The van der Waals surface area contributed by atoms with Gasteiger partial charge < -0.3 is 9.32 Å². The van der Waals surface area contributed by atoms with E-state index < -0.39 is 5.38 Å². The summed E-state index contributed by atoms with van der Waals surface area (Å²) in [6.07, 6.45) is 3.49. The van der Waals surface area contributed by atoms with Crippen LogP contribution in [0.5, 0.6) is 0 Å². The SMILES string of the molecule is CCCC(Cl)C1CN(Cc2ccco2)C(=O)C1Cl. The first-order valence-corrected chi connectivity index (χ1v) is 7.10. The van der Waals surface area contributed by atoms with Crippen LogP contribution in [0.15, 0.2) is 22.8 Å². The van der Waals surface area contributed by atoms with Gasteiger partial charge in [0.25, 0.3) is 0 Å². The first-order valence-electron chi connectivity index (χ1n) is 6.22. The summed E-state index contributed by atoms with van der Waals surface area (Å²) >= 11 is 12.5. The van der Waals surface area contributed by atoms with Gasteiger partial charge in [-0.1, -0.05) is 13.3 Å². The lowest BCUT2D eigenvalue weighted by atomic mass is 10.0. The van der Waals surface area contributed by atoms with Crippen LogP contribution in [0.4, 0.5) is 0 Å². The van der Waals surface area contributed by atoms with Crippen molar-refractivity contribution in [1.29, 1.82) is 0 Å². The van der Waals surface area contributed by atoms with Gasteiger partial charge in [-0.05, 0) is 18.6 Å². The smallest absolute Gasteiger partial charge is 0.241 e. The van der Waals surface area contributed by atoms with Crippen molar-refractivity contribution < 1.29 is 9.21 Å². The Bertz CT molecular complexity index is 394. The van der Waals surface area contributed by atoms with Crippen molar-refractivity contribution in [2.45, 2.75) is 37.1 Å². The minimum Gasteiger partial charge on any atom is -0.467 e. The average Bonchev–Trinajstić information content (AvgIpc) is 2.93. The van der Waals surface area contributed by atoms with Crippen LogP contribution in [0.25, 0.3) is 0 Å². The van der Waals surface area contributed by atoms with Gasteiger partial charge in [0.2, 0.25) is 5.91 Å². The summed E-state index contributed by atoms with van der Waals surface area (Å²) < 4.78 is 5.25. The Kier molecular flexibility index (Phi) is 4.57. The van der Waals surface area contributed by atoms with Gasteiger partial charge in [-0.3, -0.25) is 4.79 Å². The molecule has 3 unspecified atom stereocenters. The van der Waals surface area contributed by atoms with Crippen molar-refractivity contribution in [3.05, 3.63) is 24.2 Å². The van der Waals surface area contributed by atoms with E-state index in [0.29, 0.717) is 13.1 Å². The second kappa shape index (κ2) is 5.98. The van der Waals surface area contributed by atoms with Crippen molar-refractivity contribution in [2.24, 2.45) is 5.92 Å². The summed E-state index contributed by atoms with van der Waals surface area (Å²) in [5, 5.41) is -0.544. The molecule has 5 heteroatoms. The molecule has 1 amide bonds. The highest BCUT2D eigenvalue weighted by atomic mass is 35.5. The highest BCUT2D eigenvalue weighted by molar-refractivity contribution is 6.32. The third-order valence-electron chi connectivity index (χ3n) is 3.31. The molecule has 0 aromatic carbocycles. The molecular weight excluding hydrogens is 273 g/mol. The lowest BCUT2D eigenvalue weighted by Crippen LogP contribution is -2.26. The molecule has 1 saturated heterocycles. The minimum absolute atomic E-state index is 0.0238. The van der Waals surface area contributed by atoms with Crippen LogP contribution in [-0.2, 0) is 11.3 Å². The highest BCUT2D eigenvalue weighted by Crippen LogP contribution is 2.32. The van der Waals surface area contributed by atoms with Crippen molar-refractivity contribution >= 4 is 29.1 Å². The zero-order chi connectivity index (χ0) is 13.1. The van der Waals surface area contributed by atoms with E-state index >= 15 is 0 Å². The van der Waals surface area contributed by atoms with E-state index in [1.54, 1.807) is 11.2 Å². The first-order chi connectivity index (χ1) is 8.63. The second-order valence-corrected chi connectivity index (χ2v) is 5.70. The summed E-state index contributed by atoms with van der Waals surface area (Å²) in [6, 6.07) is 3.67. The van der Waals surface area contributed by atoms with Crippen LogP contribution in [0.3, 0.4) is 0 Å². The Hall–Kier alpha value is -0.670. The fraction of sp³-hybridized carbons (Fsp3) is 0.615. The number of likely N-dealkylation sites (tertiary alicyclic amines) is 1. The molecule has 1 aromatic rings. The molecule has 3 nitrogen and oxygen atoms in total. The van der Waals surface area contributed by atoms with Crippen molar-refractivity contribution in [3.8, 4) is 0 Å². The van der Waals surface area contributed by atoms with Crippen LogP contribution >= 0.6 is 23.2 Å². The molecule has 1 aliphatic rings. The molecule has 1 aliphatic heterocycles. The van der Waals surface area contributed by atoms with Crippen LogP contribution in [0, 0.1) is 5.92 Å². The van der Waals surface area contributed by atoms with E-state index in [1.165, 1.54) is 0 Å². The van der Waals surface area contributed by atoms with Gasteiger partial charge in [0.05, 0.1) is 12.8 Å². The van der Waals surface area contributed by atoms with Gasteiger partial charge in [-0.15, -0.1) is 23.2 Å². The number of hydrogen-bond donors (Lipinski definition) is 0. The molecule has 0 spiro atoms. The molecule has 2 rings (SSSR count). The lowest BCUT2D eigenvalue weighted by Gasteiger charge is -2.18. The molecule has 18 heavy (non-hydrogen) atoms. The third-order valence-corrected chi connectivity index (χ3v) is 4.36. The zero-order valence-electron chi connectivity index (χ0n) is 10.3. The Labute approximate surface area is 117 Å². The Morgan fingerprint density at radius 1 is 1.61 bits per heavy atom. The molecule has 1 fully saturated rings. The topological polar surface area (TPSA) is 33.5 Å². The van der Waals surface area contributed by atoms with E-state index in [-0.39, 0.29) is 17.2 Å². The maximum atomic E-state index is 12.0. The number of alkyl halides is 2. The van der Waals surface area contributed by atoms with E-state index in [4.69, 9.17) is 27.6 Å². The highest BCUT2D eigenvalue weighted by Gasteiger charge is 2.42. The average molecular weight is 290 g/mol. The second-order valence-electron chi connectivity index (χ2n) is 4.67. The fourth-order valence-corrected chi connectivity index (χ4v) is 3.23. The third kappa shape index (κ3) is 2.83. The Morgan fingerprint density at radius 3 is 3.00 bits per heavy atom. The minimum atomic E-state index is -0.506. The summed E-state index contributed by atoms with van der Waals surface area (Å²) in [4.78, 5) is 13.8. The van der Waals surface area contributed by atoms with E-state index in [2.05, 4.69) is 6.92 Å². The van der Waals surface area contributed by atoms with Gasteiger partial charge in [-0.25, -0.2) is 0 Å². The van der Waals surface area contributed by atoms with E-state index in [9.17, 15) is 4.79 Å². The molecule has 100 valence electrons. The normalized spacial score (nSPS) is 25.7. The van der Waals surface area contributed by atoms with E-state index in [1.807, 2.05) is 12.1 Å². The van der Waals surface area contributed by atoms with Crippen molar-refractivity contribution in [1.82, 2.24) is 4.90 Å². The van der Waals surface area contributed by atoms with Gasteiger partial charge in [0.15, 0.2) is 0 Å². The number of amides is 1. The number of nitrogens with zero attached hydrogens (tertiary/aromatic N) is 1. The van der Waals surface area contributed by atoms with Gasteiger partial charge in [0, 0.05) is 17.8 Å². The maximum absolute atomic E-state index is 12.0. The molecule has 0 radical (unpaired) electrons. The number of carbonyl (C=O) groups is 1. The molecule has 2 heterocycles. The predicted octanol–water partition coefficient (Wildman–Crippen LogP) is 3.25. The fourth-order valence-electron chi connectivity index (χ4n) is 2.32. The van der Waals surface area contributed by atoms with Crippen molar-refractivity contribution in [2.75, 3.05) is 6.54 Å². The number of hydrogen-bond acceptors (Lipinski definition) is 2. The molecule has 0 aliphatic carbocycles. The Balaban J connectivity index is 2.00. The molecule has 1 aromatic heterocycles. The van der Waals surface area contributed by atoms with Gasteiger partial charge >= 0.3 is 0 Å². The monoisotopic (exact) mass is 289 g/mol. The number of furan rings is 1. The maximum Gasteiger partial charge on any atom is 0.241 e. The van der Waals surface area contributed by atoms with E-state index in [0.717, 1.165) is 18.6 Å². The molecule has 0 saturated carbocycles. The molecular formula is C13H17Cl2NO2. The Morgan fingerprint density at radius 2 is 2.39 bits per heavy atom. The quantitative estimate of drug-likeness (QED) is 0.780.